The van der Waals surface area contributed by atoms with Crippen molar-refractivity contribution in [1.82, 2.24) is 15.0 Å². The molecule has 168 valence electrons. The van der Waals surface area contributed by atoms with E-state index < -0.39 is 22.0 Å². The first-order valence-electron chi connectivity index (χ1n) is 10.4. The maximum Gasteiger partial charge on any atom is 0.241 e. The highest BCUT2D eigenvalue weighted by molar-refractivity contribution is 7.89. The first-order valence-corrected chi connectivity index (χ1v) is 11.8. The Kier molecular flexibility index (Phi) is 7.97. The fourth-order valence-corrected chi connectivity index (χ4v) is 4.49. The minimum absolute atomic E-state index is 0.0802. The van der Waals surface area contributed by atoms with Crippen LogP contribution in [0.15, 0.2) is 78.0 Å². The zero-order valence-electron chi connectivity index (χ0n) is 18.1. The van der Waals surface area contributed by atoms with Crippen LogP contribution in [0.1, 0.15) is 23.6 Å². The number of hydrogen-bond donors (Lipinski definition) is 2. The lowest BCUT2D eigenvalue weighted by Gasteiger charge is -2.19. The van der Waals surface area contributed by atoms with Crippen molar-refractivity contribution in [3.63, 3.8) is 0 Å². The number of nitrogens with zero attached hydrogens (tertiary/aromatic N) is 1. The predicted molar refractivity (Wildman–Crippen MR) is 123 cm³/mol. The maximum absolute atomic E-state index is 13.1. The zero-order valence-corrected chi connectivity index (χ0v) is 18.9. The van der Waals surface area contributed by atoms with Crippen molar-refractivity contribution in [3.05, 3.63) is 89.7 Å². The summed E-state index contributed by atoms with van der Waals surface area (Å²) < 4.78 is 34.3. The van der Waals surface area contributed by atoms with Gasteiger partial charge < -0.3 is 10.1 Å². The molecule has 1 atom stereocenters. The average Bonchev–Trinajstić information content (AvgIpc) is 2.79. The summed E-state index contributed by atoms with van der Waals surface area (Å²) in [6, 6.07) is 16.6. The molecule has 8 heteroatoms. The summed E-state index contributed by atoms with van der Waals surface area (Å²) in [7, 11) is -3.94. The van der Waals surface area contributed by atoms with Gasteiger partial charge in [0.05, 0.1) is 11.5 Å². The van der Waals surface area contributed by atoms with E-state index in [0.717, 1.165) is 11.1 Å². The number of rotatable bonds is 10. The quantitative estimate of drug-likeness (QED) is 0.492. The maximum atomic E-state index is 13.1. The number of aromatic nitrogens is 1. The van der Waals surface area contributed by atoms with Gasteiger partial charge in [0.15, 0.2) is 0 Å². The molecular weight excluding hydrogens is 426 g/mol. The topological polar surface area (TPSA) is 97.4 Å². The number of hydrogen-bond acceptors (Lipinski definition) is 5. The molecule has 1 amide bonds. The lowest BCUT2D eigenvalue weighted by atomic mass is 10.1. The fourth-order valence-electron chi connectivity index (χ4n) is 3.21. The Labute approximate surface area is 188 Å². The predicted octanol–water partition coefficient (Wildman–Crippen LogP) is 2.99. The van der Waals surface area contributed by atoms with Gasteiger partial charge in [0.2, 0.25) is 15.9 Å². The van der Waals surface area contributed by atoms with Crippen molar-refractivity contribution >= 4 is 15.9 Å². The standard InChI is InChI=1S/C24H27N3O4S/c1-3-31-23-12-11-21(14-18(23)2)32(29,30)27-22(15-19-8-5-4-6-9-19)24(28)26-17-20-10-7-13-25-16-20/h4-14,16,22,27H,3,15,17H2,1-2H3,(H,26,28)/t22-/m0/s1. The number of nitrogens with one attached hydrogen (secondary N) is 2. The van der Waals surface area contributed by atoms with Crippen LogP contribution >= 0.6 is 0 Å². The summed E-state index contributed by atoms with van der Waals surface area (Å²) in [5.74, 6) is 0.213. The van der Waals surface area contributed by atoms with Crippen molar-refractivity contribution in [2.24, 2.45) is 0 Å². The molecular formula is C24H27N3O4S. The van der Waals surface area contributed by atoms with Gasteiger partial charge >= 0.3 is 0 Å². The summed E-state index contributed by atoms with van der Waals surface area (Å²) in [4.78, 5) is 17.1. The van der Waals surface area contributed by atoms with E-state index in [4.69, 9.17) is 4.74 Å². The van der Waals surface area contributed by atoms with Crippen LogP contribution in [0.2, 0.25) is 0 Å². The summed E-state index contributed by atoms with van der Waals surface area (Å²) in [5, 5.41) is 2.80. The van der Waals surface area contributed by atoms with E-state index in [0.29, 0.717) is 17.9 Å². The summed E-state index contributed by atoms with van der Waals surface area (Å²) in [5.41, 5.74) is 2.37. The molecule has 0 unspecified atom stereocenters. The molecule has 2 N–H and O–H groups in total. The summed E-state index contributed by atoms with van der Waals surface area (Å²) in [6.07, 6.45) is 3.52. The number of carbonyl (C=O) groups is 1. The van der Waals surface area contributed by atoms with Gasteiger partial charge in [-0.2, -0.15) is 4.72 Å². The molecule has 1 heterocycles. The molecule has 0 saturated carbocycles. The first-order chi connectivity index (χ1) is 15.4. The van der Waals surface area contributed by atoms with Gasteiger partial charge in [-0.15, -0.1) is 0 Å². The minimum atomic E-state index is -3.94. The van der Waals surface area contributed by atoms with Crippen LogP contribution in [0.25, 0.3) is 0 Å². The smallest absolute Gasteiger partial charge is 0.241 e. The molecule has 7 nitrogen and oxygen atoms in total. The van der Waals surface area contributed by atoms with Crippen LogP contribution in [0, 0.1) is 6.92 Å². The molecule has 0 bridgehead atoms. The van der Waals surface area contributed by atoms with Crippen LogP contribution in [0.5, 0.6) is 5.75 Å². The Morgan fingerprint density at radius 1 is 1.06 bits per heavy atom. The van der Waals surface area contributed by atoms with Crippen molar-refractivity contribution in [3.8, 4) is 5.75 Å². The van der Waals surface area contributed by atoms with Crippen LogP contribution in [-0.2, 0) is 27.8 Å². The highest BCUT2D eigenvalue weighted by Gasteiger charge is 2.26. The number of amides is 1. The van der Waals surface area contributed by atoms with Crippen molar-refractivity contribution in [2.75, 3.05) is 6.61 Å². The molecule has 32 heavy (non-hydrogen) atoms. The van der Waals surface area contributed by atoms with Crippen LogP contribution in [-0.4, -0.2) is 32.0 Å². The highest BCUT2D eigenvalue weighted by Crippen LogP contribution is 2.22. The van der Waals surface area contributed by atoms with E-state index in [1.807, 2.05) is 43.3 Å². The lowest BCUT2D eigenvalue weighted by Crippen LogP contribution is -2.47. The van der Waals surface area contributed by atoms with Gasteiger partial charge in [-0.25, -0.2) is 8.42 Å². The third-order valence-corrected chi connectivity index (χ3v) is 6.31. The molecule has 0 aliphatic carbocycles. The largest absolute Gasteiger partial charge is 0.494 e. The molecule has 2 aromatic carbocycles. The van der Waals surface area contributed by atoms with Gasteiger partial charge in [-0.05, 0) is 61.2 Å². The third kappa shape index (κ3) is 6.38. The van der Waals surface area contributed by atoms with E-state index in [1.54, 1.807) is 37.5 Å². The summed E-state index contributed by atoms with van der Waals surface area (Å²) in [6.45, 7) is 4.39. The second-order valence-corrected chi connectivity index (χ2v) is 9.02. The second kappa shape index (κ2) is 10.9. The fraction of sp³-hybridized carbons (Fsp3) is 0.250. The van der Waals surface area contributed by atoms with Gasteiger partial charge in [0, 0.05) is 18.9 Å². The van der Waals surface area contributed by atoms with Crippen molar-refractivity contribution in [2.45, 2.75) is 37.8 Å². The molecule has 0 spiro atoms. The number of sulfonamides is 1. The molecule has 3 rings (SSSR count). The highest BCUT2D eigenvalue weighted by atomic mass is 32.2. The van der Waals surface area contributed by atoms with Crippen LogP contribution < -0.4 is 14.8 Å². The number of benzene rings is 2. The molecule has 0 saturated heterocycles. The van der Waals surface area contributed by atoms with E-state index in [9.17, 15) is 13.2 Å². The molecule has 0 radical (unpaired) electrons. The van der Waals surface area contributed by atoms with Crippen LogP contribution in [0.3, 0.4) is 0 Å². The molecule has 0 aliphatic rings. The summed E-state index contributed by atoms with van der Waals surface area (Å²) >= 11 is 0. The Morgan fingerprint density at radius 2 is 1.81 bits per heavy atom. The molecule has 0 fully saturated rings. The zero-order chi connectivity index (χ0) is 23.0. The van der Waals surface area contributed by atoms with Crippen molar-refractivity contribution < 1.29 is 17.9 Å². The molecule has 3 aromatic rings. The minimum Gasteiger partial charge on any atom is -0.494 e. The van der Waals surface area contributed by atoms with E-state index >= 15 is 0 Å². The Morgan fingerprint density at radius 3 is 2.47 bits per heavy atom. The molecule has 0 aliphatic heterocycles. The van der Waals surface area contributed by atoms with Crippen molar-refractivity contribution in [1.29, 1.82) is 0 Å². The lowest BCUT2D eigenvalue weighted by molar-refractivity contribution is -0.122. The number of ether oxygens (including phenoxy) is 1. The normalized spacial score (nSPS) is 12.2. The Hall–Kier alpha value is -3.23. The van der Waals surface area contributed by atoms with Gasteiger partial charge in [-0.1, -0.05) is 36.4 Å². The number of pyridine rings is 1. The third-order valence-electron chi connectivity index (χ3n) is 4.84. The Bertz CT molecular complexity index is 1140. The Balaban J connectivity index is 1.80. The van der Waals surface area contributed by atoms with E-state index in [-0.39, 0.29) is 17.9 Å². The SMILES string of the molecule is CCOc1ccc(S(=O)(=O)N[C@@H](Cc2ccccc2)C(=O)NCc2cccnc2)cc1C. The average molecular weight is 454 g/mol. The second-order valence-electron chi connectivity index (χ2n) is 7.30. The number of carbonyl (C=O) groups excluding carboxylic acids is 1. The molecule has 1 aromatic heterocycles. The van der Waals surface area contributed by atoms with Gasteiger partial charge in [0.25, 0.3) is 0 Å². The van der Waals surface area contributed by atoms with Gasteiger partial charge in [0.1, 0.15) is 11.8 Å². The first kappa shape index (κ1) is 23.4. The number of aryl methyl sites for hydroxylation is 1. The van der Waals surface area contributed by atoms with Gasteiger partial charge in [-0.3, -0.25) is 9.78 Å². The van der Waals surface area contributed by atoms with Crippen LogP contribution in [0.4, 0.5) is 0 Å². The monoisotopic (exact) mass is 453 g/mol. The van der Waals surface area contributed by atoms with E-state index in [2.05, 4.69) is 15.0 Å². The van der Waals surface area contributed by atoms with E-state index in [1.165, 1.54) is 6.07 Å².